The quantitative estimate of drug-likeness (QED) is 0.829. The van der Waals surface area contributed by atoms with E-state index in [1.807, 2.05) is 25.2 Å². The van der Waals surface area contributed by atoms with Crippen LogP contribution in [0.2, 0.25) is 0 Å². The van der Waals surface area contributed by atoms with E-state index in [1.165, 1.54) is 0 Å². The summed E-state index contributed by atoms with van der Waals surface area (Å²) in [6.07, 6.45) is 2.76. The van der Waals surface area contributed by atoms with Crippen LogP contribution in [0.25, 0.3) is 0 Å². The van der Waals surface area contributed by atoms with Gasteiger partial charge in [-0.05, 0) is 32.1 Å². The zero-order valence-corrected chi connectivity index (χ0v) is 9.39. The molecular weight excluding hydrogens is 204 g/mol. The highest BCUT2D eigenvalue weighted by Crippen LogP contribution is 2.35. The molecule has 0 spiro atoms. The maximum Gasteiger partial charge on any atom is 0.304 e. The Morgan fingerprint density at radius 1 is 1.62 bits per heavy atom. The van der Waals surface area contributed by atoms with E-state index in [1.54, 1.807) is 6.20 Å². The summed E-state index contributed by atoms with van der Waals surface area (Å²) in [5.74, 6) is -0.749. The van der Waals surface area contributed by atoms with E-state index in [0.717, 1.165) is 25.2 Å². The molecule has 0 saturated carbocycles. The van der Waals surface area contributed by atoms with E-state index in [0.29, 0.717) is 0 Å². The number of hydrogen-bond donors (Lipinski definition) is 1. The summed E-state index contributed by atoms with van der Waals surface area (Å²) in [6, 6.07) is 5.71. The number of aromatic nitrogens is 1. The average Bonchev–Trinajstić information content (AvgIpc) is 2.62. The van der Waals surface area contributed by atoms with Crippen molar-refractivity contribution < 1.29 is 9.90 Å². The van der Waals surface area contributed by atoms with E-state index < -0.39 is 5.97 Å². The van der Waals surface area contributed by atoms with Gasteiger partial charge >= 0.3 is 5.97 Å². The van der Waals surface area contributed by atoms with Crippen molar-refractivity contribution in [3.05, 3.63) is 30.1 Å². The van der Waals surface area contributed by atoms with Gasteiger partial charge in [0.15, 0.2) is 0 Å². The molecule has 1 fully saturated rings. The van der Waals surface area contributed by atoms with E-state index in [9.17, 15) is 4.79 Å². The smallest absolute Gasteiger partial charge is 0.304 e. The van der Waals surface area contributed by atoms with Gasteiger partial charge in [-0.2, -0.15) is 0 Å². The Kier molecular flexibility index (Phi) is 2.92. The summed E-state index contributed by atoms with van der Waals surface area (Å²) in [4.78, 5) is 17.5. The van der Waals surface area contributed by atoms with Crippen LogP contribution in [-0.4, -0.2) is 41.1 Å². The number of rotatable bonds is 3. The lowest BCUT2D eigenvalue weighted by atomic mass is 9.80. The standard InChI is InChI=1S/C12H16N2O2/c1-14-7-5-12(9-14,8-11(15)16)10-4-2-3-6-13-10/h2-4,6H,5,7-9H2,1H3,(H,15,16). The van der Waals surface area contributed by atoms with Crippen molar-refractivity contribution in [3.8, 4) is 0 Å². The highest BCUT2D eigenvalue weighted by atomic mass is 16.4. The Morgan fingerprint density at radius 2 is 2.44 bits per heavy atom. The number of carboxylic acids is 1. The molecule has 16 heavy (non-hydrogen) atoms. The van der Waals surface area contributed by atoms with Gasteiger partial charge in [0.05, 0.1) is 6.42 Å². The lowest BCUT2D eigenvalue weighted by Crippen LogP contribution is -2.33. The largest absolute Gasteiger partial charge is 0.481 e. The number of likely N-dealkylation sites (N-methyl/N-ethyl adjacent to an activating group) is 1. The van der Waals surface area contributed by atoms with Crippen molar-refractivity contribution in [1.82, 2.24) is 9.88 Å². The number of pyridine rings is 1. The van der Waals surface area contributed by atoms with Gasteiger partial charge in [-0.3, -0.25) is 9.78 Å². The summed E-state index contributed by atoms with van der Waals surface area (Å²) in [5.41, 5.74) is 0.601. The second-order valence-electron chi connectivity index (χ2n) is 4.55. The fourth-order valence-electron chi connectivity index (χ4n) is 2.49. The number of hydrogen-bond acceptors (Lipinski definition) is 3. The summed E-state index contributed by atoms with van der Waals surface area (Å²) in [5, 5.41) is 9.04. The van der Waals surface area contributed by atoms with Gasteiger partial charge in [-0.1, -0.05) is 6.07 Å². The SMILES string of the molecule is CN1CCC(CC(=O)O)(c2ccccn2)C1. The number of likely N-dealkylation sites (tertiary alicyclic amines) is 1. The molecule has 2 rings (SSSR count). The first-order chi connectivity index (χ1) is 7.62. The molecule has 4 heteroatoms. The first-order valence-electron chi connectivity index (χ1n) is 5.44. The molecule has 1 saturated heterocycles. The molecule has 86 valence electrons. The molecule has 0 radical (unpaired) electrons. The fraction of sp³-hybridized carbons (Fsp3) is 0.500. The zero-order chi connectivity index (χ0) is 11.6. The molecule has 0 aliphatic carbocycles. The molecule has 4 nitrogen and oxygen atoms in total. The van der Waals surface area contributed by atoms with Crippen molar-refractivity contribution in [2.75, 3.05) is 20.1 Å². The molecule has 0 aromatic carbocycles. The van der Waals surface area contributed by atoms with E-state index in [4.69, 9.17) is 5.11 Å². The monoisotopic (exact) mass is 220 g/mol. The van der Waals surface area contributed by atoms with Crippen LogP contribution in [-0.2, 0) is 10.2 Å². The van der Waals surface area contributed by atoms with Gasteiger partial charge in [-0.25, -0.2) is 0 Å². The Balaban J connectivity index is 2.32. The van der Waals surface area contributed by atoms with E-state index in [2.05, 4.69) is 9.88 Å². The van der Waals surface area contributed by atoms with Crippen LogP contribution >= 0.6 is 0 Å². The summed E-state index contributed by atoms with van der Waals surface area (Å²) >= 11 is 0. The molecule has 1 aromatic rings. The first kappa shape index (κ1) is 11.1. The Labute approximate surface area is 94.9 Å². The van der Waals surface area contributed by atoms with Crippen LogP contribution in [0.15, 0.2) is 24.4 Å². The van der Waals surface area contributed by atoms with Gasteiger partial charge in [0, 0.05) is 23.9 Å². The number of carboxylic acid groups (broad SMARTS) is 1. The third kappa shape index (κ3) is 2.07. The number of carbonyl (C=O) groups is 1. The normalized spacial score (nSPS) is 25.8. The maximum atomic E-state index is 11.0. The van der Waals surface area contributed by atoms with Crippen LogP contribution < -0.4 is 0 Å². The molecule has 0 bridgehead atoms. The molecule has 1 N–H and O–H groups in total. The predicted molar refractivity (Wildman–Crippen MR) is 60.3 cm³/mol. The third-order valence-corrected chi connectivity index (χ3v) is 3.24. The van der Waals surface area contributed by atoms with Crippen molar-refractivity contribution in [2.45, 2.75) is 18.3 Å². The fourth-order valence-corrected chi connectivity index (χ4v) is 2.49. The highest BCUT2D eigenvalue weighted by molar-refractivity contribution is 5.69. The minimum absolute atomic E-state index is 0.161. The summed E-state index contributed by atoms with van der Waals surface area (Å²) in [6.45, 7) is 1.71. The number of nitrogens with zero attached hydrogens (tertiary/aromatic N) is 2. The Hall–Kier alpha value is -1.42. The van der Waals surface area contributed by atoms with Gasteiger partial charge in [-0.15, -0.1) is 0 Å². The van der Waals surface area contributed by atoms with Crippen LogP contribution in [0.4, 0.5) is 0 Å². The van der Waals surface area contributed by atoms with Gasteiger partial charge in [0.2, 0.25) is 0 Å². The maximum absolute atomic E-state index is 11.0. The number of aliphatic carboxylic acids is 1. The second kappa shape index (κ2) is 4.22. The predicted octanol–water partition coefficient (Wildman–Crippen LogP) is 1.13. The topological polar surface area (TPSA) is 53.4 Å². The van der Waals surface area contributed by atoms with Crippen molar-refractivity contribution in [3.63, 3.8) is 0 Å². The van der Waals surface area contributed by atoms with Crippen LogP contribution in [0.5, 0.6) is 0 Å². The lowest BCUT2D eigenvalue weighted by Gasteiger charge is -2.26. The first-order valence-corrected chi connectivity index (χ1v) is 5.44. The summed E-state index contributed by atoms with van der Waals surface area (Å²) < 4.78 is 0. The minimum Gasteiger partial charge on any atom is -0.481 e. The van der Waals surface area contributed by atoms with E-state index >= 15 is 0 Å². The van der Waals surface area contributed by atoms with Crippen LogP contribution in [0.1, 0.15) is 18.5 Å². The molecule has 1 aliphatic rings. The van der Waals surface area contributed by atoms with Crippen molar-refractivity contribution in [1.29, 1.82) is 0 Å². The molecule has 1 atom stereocenters. The van der Waals surface area contributed by atoms with Gasteiger partial charge in [0.25, 0.3) is 0 Å². The molecule has 0 amide bonds. The Bertz CT molecular complexity index is 380. The highest BCUT2D eigenvalue weighted by Gasteiger charge is 2.41. The molecule has 1 unspecified atom stereocenters. The average molecular weight is 220 g/mol. The summed E-state index contributed by atoms with van der Waals surface area (Å²) in [7, 11) is 2.02. The van der Waals surface area contributed by atoms with Gasteiger partial charge < -0.3 is 10.0 Å². The molecular formula is C12H16N2O2. The Morgan fingerprint density at radius 3 is 2.94 bits per heavy atom. The van der Waals surface area contributed by atoms with Crippen molar-refractivity contribution in [2.24, 2.45) is 0 Å². The van der Waals surface area contributed by atoms with Gasteiger partial charge in [0.1, 0.15) is 0 Å². The van der Waals surface area contributed by atoms with Crippen LogP contribution in [0.3, 0.4) is 0 Å². The van der Waals surface area contributed by atoms with Crippen molar-refractivity contribution >= 4 is 5.97 Å². The zero-order valence-electron chi connectivity index (χ0n) is 9.39. The molecule has 1 aliphatic heterocycles. The minimum atomic E-state index is -0.749. The van der Waals surface area contributed by atoms with Crippen LogP contribution in [0, 0.1) is 0 Å². The molecule has 1 aromatic heterocycles. The second-order valence-corrected chi connectivity index (χ2v) is 4.55. The third-order valence-electron chi connectivity index (χ3n) is 3.24. The molecule has 2 heterocycles. The lowest BCUT2D eigenvalue weighted by molar-refractivity contribution is -0.138. The van der Waals surface area contributed by atoms with E-state index in [-0.39, 0.29) is 11.8 Å².